The second-order valence-electron chi connectivity index (χ2n) is 6.13. The van der Waals surface area contributed by atoms with Crippen LogP contribution in [0.2, 0.25) is 0 Å². The lowest BCUT2D eigenvalue weighted by molar-refractivity contribution is 0.245. The molecule has 1 unspecified atom stereocenters. The smallest absolute Gasteiger partial charge is 0.178 e. The van der Waals surface area contributed by atoms with Gasteiger partial charge >= 0.3 is 0 Å². The van der Waals surface area contributed by atoms with Crippen LogP contribution in [0.5, 0.6) is 5.75 Å². The fourth-order valence-electron chi connectivity index (χ4n) is 3.11. The highest BCUT2D eigenvalue weighted by molar-refractivity contribution is 7.71. The summed E-state index contributed by atoms with van der Waals surface area (Å²) in [6.07, 6.45) is 2.67. The monoisotopic (exact) mass is 305 g/mol. The number of aromatic amines is 1. The van der Waals surface area contributed by atoms with Gasteiger partial charge in [-0.3, -0.25) is 0 Å². The molecule has 0 radical (unpaired) electrons. The minimum Gasteiger partial charge on any atom is -0.489 e. The summed E-state index contributed by atoms with van der Waals surface area (Å²) < 4.78 is 8.88. The molecule has 4 nitrogen and oxygen atoms in total. The molecule has 0 spiro atoms. The van der Waals surface area contributed by atoms with Crippen molar-refractivity contribution in [1.29, 1.82) is 0 Å². The second kappa shape index (κ2) is 5.81. The van der Waals surface area contributed by atoms with Crippen molar-refractivity contribution in [1.82, 2.24) is 14.5 Å². The summed E-state index contributed by atoms with van der Waals surface area (Å²) in [6.45, 7) is 6.21. The van der Waals surface area contributed by atoms with Crippen LogP contribution in [0.1, 0.15) is 26.7 Å². The molecule has 1 aliphatic heterocycles. The Morgan fingerprint density at radius 3 is 2.90 bits per heavy atom. The van der Waals surface area contributed by atoms with Crippen LogP contribution in [-0.2, 0) is 6.54 Å². The number of imidazole rings is 1. The number of aromatic nitrogens is 2. The van der Waals surface area contributed by atoms with Crippen molar-refractivity contribution < 1.29 is 4.74 Å². The van der Waals surface area contributed by atoms with Gasteiger partial charge in [0.15, 0.2) is 4.77 Å². The molecule has 1 aromatic carbocycles. The largest absolute Gasteiger partial charge is 0.489 e. The van der Waals surface area contributed by atoms with Crippen molar-refractivity contribution in [3.8, 4) is 5.75 Å². The van der Waals surface area contributed by atoms with Crippen LogP contribution in [0.3, 0.4) is 0 Å². The standard InChI is InChI=1S/C16H23N3OS/c1-11(2)20-14-8-4-7-13-15(14)17-16(21)19(13)10-12-6-5-9-18(12)3/h4,7-8,11-12H,5-6,9-10H2,1-3H3,(H,17,21). The van der Waals surface area contributed by atoms with Gasteiger partial charge in [-0.15, -0.1) is 0 Å². The lowest BCUT2D eigenvalue weighted by atomic mass is 10.2. The maximum absolute atomic E-state index is 5.89. The first-order chi connectivity index (χ1) is 10.1. The van der Waals surface area contributed by atoms with Gasteiger partial charge in [-0.05, 0) is 64.6 Å². The van der Waals surface area contributed by atoms with Gasteiger partial charge in [-0.2, -0.15) is 0 Å². The maximum atomic E-state index is 5.89. The van der Waals surface area contributed by atoms with E-state index in [-0.39, 0.29) is 6.10 Å². The Kier molecular flexibility index (Phi) is 4.04. The minimum atomic E-state index is 0.155. The van der Waals surface area contributed by atoms with Gasteiger partial charge in [0.05, 0.1) is 11.6 Å². The van der Waals surface area contributed by atoms with Crippen LogP contribution < -0.4 is 4.74 Å². The summed E-state index contributed by atoms with van der Waals surface area (Å²) in [4.78, 5) is 5.75. The summed E-state index contributed by atoms with van der Waals surface area (Å²) >= 11 is 5.53. The molecular weight excluding hydrogens is 282 g/mol. The number of nitrogens with one attached hydrogen (secondary N) is 1. The first-order valence-electron chi connectivity index (χ1n) is 7.64. The van der Waals surface area contributed by atoms with Crippen LogP contribution in [0, 0.1) is 4.77 Å². The highest BCUT2D eigenvalue weighted by Crippen LogP contribution is 2.27. The molecule has 1 aliphatic rings. The van der Waals surface area contributed by atoms with E-state index in [4.69, 9.17) is 17.0 Å². The molecule has 21 heavy (non-hydrogen) atoms. The van der Waals surface area contributed by atoms with Crippen LogP contribution in [0.25, 0.3) is 11.0 Å². The maximum Gasteiger partial charge on any atom is 0.178 e. The third-order valence-electron chi connectivity index (χ3n) is 4.20. The molecule has 1 atom stereocenters. The van der Waals surface area contributed by atoms with Crippen molar-refractivity contribution in [3.63, 3.8) is 0 Å². The van der Waals surface area contributed by atoms with Gasteiger partial charge in [0, 0.05) is 12.6 Å². The molecule has 0 saturated carbocycles. The number of likely N-dealkylation sites (N-methyl/N-ethyl adjacent to an activating group) is 1. The van der Waals surface area contributed by atoms with Crippen molar-refractivity contribution in [2.45, 2.75) is 45.4 Å². The number of likely N-dealkylation sites (tertiary alicyclic amines) is 1. The average Bonchev–Trinajstić information content (AvgIpc) is 2.96. The Balaban J connectivity index is 1.99. The Hall–Kier alpha value is -1.33. The molecule has 0 aliphatic carbocycles. The van der Waals surface area contributed by atoms with Crippen LogP contribution in [0.15, 0.2) is 18.2 Å². The number of rotatable bonds is 4. The molecule has 1 aromatic heterocycles. The van der Waals surface area contributed by atoms with Gasteiger partial charge in [0.25, 0.3) is 0 Å². The third-order valence-corrected chi connectivity index (χ3v) is 4.52. The predicted octanol–water partition coefficient (Wildman–Crippen LogP) is 3.58. The first-order valence-corrected chi connectivity index (χ1v) is 8.05. The van der Waals surface area contributed by atoms with Crippen molar-refractivity contribution in [2.75, 3.05) is 13.6 Å². The van der Waals surface area contributed by atoms with Gasteiger partial charge in [-0.1, -0.05) is 6.07 Å². The Morgan fingerprint density at radius 2 is 2.24 bits per heavy atom. The van der Waals surface area contributed by atoms with Crippen molar-refractivity contribution in [3.05, 3.63) is 23.0 Å². The van der Waals surface area contributed by atoms with E-state index in [0.29, 0.717) is 6.04 Å². The number of ether oxygens (including phenoxy) is 1. The summed E-state index contributed by atoms with van der Waals surface area (Å²) in [7, 11) is 2.20. The normalized spacial score (nSPS) is 19.7. The summed E-state index contributed by atoms with van der Waals surface area (Å²) in [5, 5.41) is 0. The number of para-hydroxylation sites is 1. The molecule has 114 valence electrons. The molecule has 0 amide bonds. The number of H-pyrrole nitrogens is 1. The number of benzene rings is 1. The number of nitrogens with zero attached hydrogens (tertiary/aromatic N) is 2. The second-order valence-corrected chi connectivity index (χ2v) is 6.52. The first kappa shape index (κ1) is 14.6. The highest BCUT2D eigenvalue weighted by Gasteiger charge is 2.22. The molecular formula is C16H23N3OS. The predicted molar refractivity (Wildman–Crippen MR) is 88.5 cm³/mol. The van der Waals surface area contributed by atoms with E-state index in [9.17, 15) is 0 Å². The van der Waals surface area contributed by atoms with Crippen LogP contribution in [0.4, 0.5) is 0 Å². The molecule has 1 fully saturated rings. The van der Waals surface area contributed by atoms with Gasteiger partial charge in [-0.25, -0.2) is 0 Å². The van der Waals surface area contributed by atoms with E-state index in [1.165, 1.54) is 19.4 Å². The average molecular weight is 305 g/mol. The fourth-order valence-corrected chi connectivity index (χ4v) is 3.38. The topological polar surface area (TPSA) is 33.2 Å². The van der Waals surface area contributed by atoms with E-state index in [0.717, 1.165) is 28.1 Å². The number of hydrogen-bond acceptors (Lipinski definition) is 3. The lowest BCUT2D eigenvalue weighted by Crippen LogP contribution is -2.29. The fraction of sp³-hybridized carbons (Fsp3) is 0.562. The summed E-state index contributed by atoms with van der Waals surface area (Å²) in [5.41, 5.74) is 2.15. The zero-order chi connectivity index (χ0) is 15.0. The van der Waals surface area contributed by atoms with E-state index >= 15 is 0 Å². The minimum absolute atomic E-state index is 0.155. The van der Waals surface area contributed by atoms with Crippen molar-refractivity contribution in [2.24, 2.45) is 0 Å². The van der Waals surface area contributed by atoms with E-state index in [1.807, 2.05) is 26.0 Å². The third kappa shape index (κ3) is 2.85. The Bertz CT molecular complexity index is 688. The van der Waals surface area contributed by atoms with Crippen LogP contribution >= 0.6 is 12.2 Å². The number of fused-ring (bicyclic) bond motifs is 1. The number of hydrogen-bond donors (Lipinski definition) is 1. The summed E-state index contributed by atoms with van der Waals surface area (Å²) in [6, 6.07) is 6.73. The Morgan fingerprint density at radius 1 is 1.43 bits per heavy atom. The van der Waals surface area contributed by atoms with E-state index < -0.39 is 0 Å². The molecule has 3 rings (SSSR count). The van der Waals surface area contributed by atoms with E-state index in [1.54, 1.807) is 0 Å². The Labute approximate surface area is 130 Å². The highest BCUT2D eigenvalue weighted by atomic mass is 32.1. The van der Waals surface area contributed by atoms with E-state index in [2.05, 4.69) is 27.6 Å². The van der Waals surface area contributed by atoms with Crippen molar-refractivity contribution >= 4 is 23.3 Å². The van der Waals surface area contributed by atoms with Gasteiger partial charge in [0.1, 0.15) is 11.3 Å². The summed E-state index contributed by atoms with van der Waals surface area (Å²) in [5.74, 6) is 0.882. The van der Waals surface area contributed by atoms with Gasteiger partial charge < -0.3 is 19.2 Å². The van der Waals surface area contributed by atoms with Crippen LogP contribution in [-0.4, -0.2) is 40.2 Å². The molecule has 2 heterocycles. The molecule has 0 bridgehead atoms. The molecule has 5 heteroatoms. The molecule has 1 saturated heterocycles. The molecule has 2 aromatic rings. The van der Waals surface area contributed by atoms with Gasteiger partial charge in [0.2, 0.25) is 0 Å². The SMILES string of the molecule is CC(C)Oc1cccc2c1[nH]c(=S)n2CC1CCCN1C. The zero-order valence-electron chi connectivity index (χ0n) is 12.9. The zero-order valence-corrected chi connectivity index (χ0v) is 13.7. The lowest BCUT2D eigenvalue weighted by Gasteiger charge is -2.20. The quantitative estimate of drug-likeness (QED) is 0.877. The molecule has 1 N–H and O–H groups in total.